The van der Waals surface area contributed by atoms with Gasteiger partial charge < -0.3 is 13.7 Å². The van der Waals surface area contributed by atoms with Gasteiger partial charge in [-0.1, -0.05) is 30.3 Å². The summed E-state index contributed by atoms with van der Waals surface area (Å²) in [5, 5.41) is 0.905. The topological polar surface area (TPSA) is 50.5 Å². The molecule has 0 atom stereocenters. The molecular formula is C29H27N2O3+. The molecule has 0 bridgehead atoms. The molecule has 2 heterocycles. The minimum atomic E-state index is -0.341. The summed E-state index contributed by atoms with van der Waals surface area (Å²) in [7, 11) is 2.00. The Hall–Kier alpha value is -4.12. The smallest absolute Gasteiger partial charge is 0.381 e. The number of rotatable bonds is 6. The number of aromatic nitrogens is 1. The lowest BCUT2D eigenvalue weighted by molar-refractivity contribution is -0.637. The van der Waals surface area contributed by atoms with Gasteiger partial charge in [0, 0.05) is 36.3 Å². The summed E-state index contributed by atoms with van der Waals surface area (Å²) in [6, 6.07) is 23.9. The SMILES string of the molecule is CCN(CC)c1ccc2cc(/C=C/c3ccc(-c4oc5ccccc5[n+]4C)cc3)c(=O)oc2c1. The molecule has 0 amide bonds. The lowest BCUT2D eigenvalue weighted by Gasteiger charge is -2.20. The predicted molar refractivity (Wildman–Crippen MR) is 138 cm³/mol. The second kappa shape index (κ2) is 9.02. The molecule has 0 aliphatic carbocycles. The lowest BCUT2D eigenvalue weighted by Crippen LogP contribution is -2.28. The largest absolute Gasteiger partial charge is 0.422 e. The maximum atomic E-state index is 12.6. The van der Waals surface area contributed by atoms with Crippen LogP contribution in [0.25, 0.3) is 45.7 Å². The van der Waals surface area contributed by atoms with E-state index in [2.05, 4.69) is 24.8 Å². The molecule has 0 spiro atoms. The summed E-state index contributed by atoms with van der Waals surface area (Å²) in [6.07, 6.45) is 3.73. The minimum Gasteiger partial charge on any atom is -0.422 e. The van der Waals surface area contributed by atoms with Crippen LogP contribution in [0, 0.1) is 0 Å². The molecule has 5 rings (SSSR count). The standard InChI is InChI=1S/C29H27N2O3/c1-4-31(5-2)24-17-16-22-18-23(29(32)34-27(22)19-24)15-12-20-10-13-21(14-11-20)28-30(3)25-8-6-7-9-26(25)33-28/h6-19H,4-5H2,1-3H3/q+1. The molecule has 0 aliphatic heterocycles. The molecule has 5 heteroatoms. The summed E-state index contributed by atoms with van der Waals surface area (Å²) in [5.74, 6) is 0.802. The van der Waals surface area contributed by atoms with Crippen molar-refractivity contribution in [2.45, 2.75) is 13.8 Å². The summed E-state index contributed by atoms with van der Waals surface area (Å²) in [4.78, 5) is 14.8. The molecule has 34 heavy (non-hydrogen) atoms. The van der Waals surface area contributed by atoms with Crippen LogP contribution < -0.4 is 15.1 Å². The fraction of sp³-hybridized carbons (Fsp3) is 0.172. The number of benzene rings is 3. The quantitative estimate of drug-likeness (QED) is 0.233. The number of aryl methyl sites for hydroxylation is 1. The van der Waals surface area contributed by atoms with E-state index in [1.54, 1.807) is 6.08 Å². The highest BCUT2D eigenvalue weighted by Crippen LogP contribution is 2.24. The van der Waals surface area contributed by atoms with Gasteiger partial charge in [-0.15, -0.1) is 0 Å². The van der Waals surface area contributed by atoms with Crippen molar-refractivity contribution < 1.29 is 13.4 Å². The van der Waals surface area contributed by atoms with Gasteiger partial charge in [0.1, 0.15) is 12.6 Å². The molecule has 0 fully saturated rings. The van der Waals surface area contributed by atoms with E-state index >= 15 is 0 Å². The minimum absolute atomic E-state index is 0.341. The van der Waals surface area contributed by atoms with Crippen LogP contribution in [0.3, 0.4) is 0 Å². The average molecular weight is 452 g/mol. The van der Waals surface area contributed by atoms with Crippen molar-refractivity contribution in [3.05, 3.63) is 94.3 Å². The van der Waals surface area contributed by atoms with Crippen LogP contribution in [-0.4, -0.2) is 13.1 Å². The highest BCUT2D eigenvalue weighted by atomic mass is 16.4. The Labute approximate surface area is 198 Å². The second-order valence-electron chi connectivity index (χ2n) is 8.27. The molecule has 170 valence electrons. The second-order valence-corrected chi connectivity index (χ2v) is 8.27. The van der Waals surface area contributed by atoms with Gasteiger partial charge in [-0.05, 0) is 61.9 Å². The number of hydrogen-bond donors (Lipinski definition) is 0. The molecular weight excluding hydrogens is 424 g/mol. The monoisotopic (exact) mass is 451 g/mol. The third-order valence-electron chi connectivity index (χ3n) is 6.23. The maximum Gasteiger partial charge on any atom is 0.381 e. The predicted octanol–water partition coefficient (Wildman–Crippen LogP) is 6.05. The van der Waals surface area contributed by atoms with Crippen LogP contribution in [-0.2, 0) is 7.05 Å². The molecule has 0 N–H and O–H groups in total. The van der Waals surface area contributed by atoms with Gasteiger partial charge in [-0.2, -0.15) is 4.57 Å². The van der Waals surface area contributed by atoms with Crippen molar-refractivity contribution in [1.82, 2.24) is 0 Å². The van der Waals surface area contributed by atoms with E-state index in [1.807, 2.05) is 84.4 Å². The summed E-state index contributed by atoms with van der Waals surface area (Å²) in [5.41, 5.74) is 5.73. The van der Waals surface area contributed by atoms with Gasteiger partial charge in [0.05, 0.1) is 11.1 Å². The first-order valence-electron chi connectivity index (χ1n) is 11.6. The van der Waals surface area contributed by atoms with Crippen LogP contribution in [0.4, 0.5) is 5.69 Å². The molecule has 0 radical (unpaired) electrons. The number of para-hydroxylation sites is 2. The third-order valence-corrected chi connectivity index (χ3v) is 6.23. The number of fused-ring (bicyclic) bond motifs is 2. The summed E-state index contributed by atoms with van der Waals surface area (Å²) < 4.78 is 13.7. The van der Waals surface area contributed by atoms with E-state index in [-0.39, 0.29) is 5.63 Å². The fourth-order valence-electron chi connectivity index (χ4n) is 4.30. The molecule has 2 aromatic heterocycles. The van der Waals surface area contributed by atoms with Crippen LogP contribution in [0.1, 0.15) is 25.0 Å². The first-order valence-corrected chi connectivity index (χ1v) is 11.6. The Morgan fingerprint density at radius 2 is 1.62 bits per heavy atom. The normalized spacial score (nSPS) is 11.6. The van der Waals surface area contributed by atoms with Gasteiger partial charge >= 0.3 is 11.5 Å². The van der Waals surface area contributed by atoms with Crippen molar-refractivity contribution in [3.63, 3.8) is 0 Å². The Kier molecular flexibility index (Phi) is 5.76. The molecule has 5 aromatic rings. The van der Waals surface area contributed by atoms with Crippen molar-refractivity contribution in [3.8, 4) is 11.5 Å². The van der Waals surface area contributed by atoms with Gasteiger partial charge in [0.25, 0.3) is 5.52 Å². The van der Waals surface area contributed by atoms with Gasteiger partial charge in [-0.25, -0.2) is 4.79 Å². The Balaban J connectivity index is 1.40. The number of hydrogen-bond acceptors (Lipinski definition) is 4. The summed E-state index contributed by atoms with van der Waals surface area (Å²) in [6.45, 7) is 6.03. The first-order chi connectivity index (χ1) is 16.6. The maximum absolute atomic E-state index is 12.6. The first kappa shape index (κ1) is 21.7. The van der Waals surface area contributed by atoms with Gasteiger partial charge in [0.15, 0.2) is 0 Å². The lowest BCUT2D eigenvalue weighted by atomic mass is 10.1. The summed E-state index contributed by atoms with van der Waals surface area (Å²) >= 11 is 0. The van der Waals surface area contributed by atoms with E-state index in [0.717, 1.165) is 52.3 Å². The van der Waals surface area contributed by atoms with Gasteiger partial charge in [-0.3, -0.25) is 0 Å². The zero-order chi connectivity index (χ0) is 23.7. The molecule has 5 nitrogen and oxygen atoms in total. The van der Waals surface area contributed by atoms with Crippen molar-refractivity contribution >= 4 is 39.9 Å². The number of nitrogens with zero attached hydrogens (tertiary/aromatic N) is 2. The van der Waals surface area contributed by atoms with Crippen molar-refractivity contribution in [2.24, 2.45) is 7.05 Å². The molecule has 3 aromatic carbocycles. The van der Waals surface area contributed by atoms with Crippen LogP contribution >= 0.6 is 0 Å². The third kappa shape index (κ3) is 4.01. The highest BCUT2D eigenvalue weighted by Gasteiger charge is 2.20. The van der Waals surface area contributed by atoms with Gasteiger partial charge in [0.2, 0.25) is 5.58 Å². The average Bonchev–Trinajstić information content (AvgIpc) is 3.20. The molecule has 0 aliphatic rings. The highest BCUT2D eigenvalue weighted by molar-refractivity contribution is 5.83. The van der Waals surface area contributed by atoms with Crippen molar-refractivity contribution in [2.75, 3.05) is 18.0 Å². The molecule has 0 saturated heterocycles. The van der Waals surface area contributed by atoms with Crippen LogP contribution in [0.5, 0.6) is 0 Å². The van der Waals surface area contributed by atoms with E-state index in [4.69, 9.17) is 8.83 Å². The molecule has 0 unspecified atom stereocenters. The van der Waals surface area contributed by atoms with Crippen molar-refractivity contribution in [1.29, 1.82) is 0 Å². The van der Waals surface area contributed by atoms with E-state index in [9.17, 15) is 4.79 Å². The number of oxazole rings is 1. The Morgan fingerprint density at radius 1 is 0.853 bits per heavy atom. The van der Waals surface area contributed by atoms with Crippen LogP contribution in [0.15, 0.2) is 86.4 Å². The zero-order valence-electron chi connectivity index (χ0n) is 19.6. The van der Waals surface area contributed by atoms with E-state index in [0.29, 0.717) is 11.1 Å². The fourth-order valence-corrected chi connectivity index (χ4v) is 4.30. The zero-order valence-corrected chi connectivity index (χ0v) is 19.6. The number of anilines is 1. The van der Waals surface area contributed by atoms with Crippen LogP contribution in [0.2, 0.25) is 0 Å². The van der Waals surface area contributed by atoms with E-state index in [1.165, 1.54) is 0 Å². The molecule has 0 saturated carbocycles. The Morgan fingerprint density at radius 3 is 2.35 bits per heavy atom. The Bertz CT molecular complexity index is 1550. The van der Waals surface area contributed by atoms with E-state index < -0.39 is 0 Å².